The Balaban J connectivity index is 3.14. The average Bonchev–Trinajstić information content (AvgIpc) is 2.44. The molecule has 1 heterocycles. The van der Waals surface area contributed by atoms with Gasteiger partial charge in [0.05, 0.1) is 28.3 Å². The first-order chi connectivity index (χ1) is 12.2. The van der Waals surface area contributed by atoms with Gasteiger partial charge in [-0.15, -0.1) is 0 Å². The molecule has 2 aromatic rings. The van der Waals surface area contributed by atoms with Crippen molar-refractivity contribution in [3.05, 3.63) is 34.0 Å². The molecule has 0 radical (unpaired) electrons. The third-order valence-corrected chi connectivity index (χ3v) is 4.99. The Kier molecular flexibility index (Phi) is 5.12. The Hall–Kier alpha value is -2.80. The van der Waals surface area contributed by atoms with Crippen LogP contribution in [-0.4, -0.2) is 45.2 Å². The Morgan fingerprint density at radius 2 is 1.85 bits per heavy atom. The maximum absolute atomic E-state index is 12.1. The standard InChI is InChI=1S/C14H15N3O8S2/c1-8-5-6-15-10-7-11(16(9(2)18)26(3,21)22)14(25-27(4,23)24)13(12(8)10)17(19)20/h5-7H,1-4H3. The van der Waals surface area contributed by atoms with E-state index < -0.39 is 48.1 Å². The molecule has 0 saturated carbocycles. The van der Waals surface area contributed by atoms with E-state index in [2.05, 4.69) is 4.98 Å². The molecule has 0 aliphatic rings. The monoisotopic (exact) mass is 417 g/mol. The number of aryl methyl sites for hydroxylation is 1. The van der Waals surface area contributed by atoms with Crippen molar-refractivity contribution in [1.29, 1.82) is 0 Å². The van der Waals surface area contributed by atoms with Crippen molar-refractivity contribution < 1.29 is 30.7 Å². The first-order valence-electron chi connectivity index (χ1n) is 7.21. The Morgan fingerprint density at radius 1 is 1.26 bits per heavy atom. The second-order valence-electron chi connectivity index (χ2n) is 5.69. The summed E-state index contributed by atoms with van der Waals surface area (Å²) in [7, 11) is -8.56. The van der Waals surface area contributed by atoms with Gasteiger partial charge in [-0.1, -0.05) is 0 Å². The predicted molar refractivity (Wildman–Crippen MR) is 96.6 cm³/mol. The van der Waals surface area contributed by atoms with Crippen LogP contribution in [0.25, 0.3) is 10.9 Å². The highest BCUT2D eigenvalue weighted by Crippen LogP contribution is 2.45. The molecule has 0 spiro atoms. The van der Waals surface area contributed by atoms with Gasteiger partial charge in [0.15, 0.2) is 0 Å². The number of anilines is 1. The van der Waals surface area contributed by atoms with Gasteiger partial charge in [0.25, 0.3) is 0 Å². The van der Waals surface area contributed by atoms with Crippen LogP contribution in [0.1, 0.15) is 12.5 Å². The zero-order valence-electron chi connectivity index (χ0n) is 14.7. The summed E-state index contributed by atoms with van der Waals surface area (Å²) in [6, 6.07) is 2.51. The smallest absolute Gasteiger partial charge is 0.324 e. The third-order valence-electron chi connectivity index (χ3n) is 3.40. The molecule has 11 nitrogen and oxygen atoms in total. The molecular weight excluding hydrogens is 402 g/mol. The molecule has 0 saturated heterocycles. The number of sulfonamides is 1. The lowest BCUT2D eigenvalue weighted by molar-refractivity contribution is -0.383. The highest BCUT2D eigenvalue weighted by atomic mass is 32.2. The van der Waals surface area contributed by atoms with Crippen LogP contribution in [0.5, 0.6) is 5.75 Å². The fourth-order valence-corrected chi connectivity index (χ4v) is 3.99. The van der Waals surface area contributed by atoms with Crippen molar-refractivity contribution >= 4 is 48.3 Å². The molecule has 1 aromatic heterocycles. The molecule has 0 N–H and O–H groups in total. The number of amides is 1. The summed E-state index contributed by atoms with van der Waals surface area (Å²) >= 11 is 0. The maximum Gasteiger partial charge on any atom is 0.324 e. The van der Waals surface area contributed by atoms with Crippen LogP contribution in [0.2, 0.25) is 0 Å². The second kappa shape index (κ2) is 6.74. The van der Waals surface area contributed by atoms with E-state index in [0.29, 0.717) is 18.1 Å². The van der Waals surface area contributed by atoms with Crippen molar-refractivity contribution in [2.45, 2.75) is 13.8 Å². The third kappa shape index (κ3) is 4.14. The number of benzene rings is 1. The summed E-state index contributed by atoms with van der Waals surface area (Å²) in [4.78, 5) is 26.7. The van der Waals surface area contributed by atoms with E-state index in [4.69, 9.17) is 4.18 Å². The highest BCUT2D eigenvalue weighted by Gasteiger charge is 2.35. The van der Waals surface area contributed by atoms with Crippen molar-refractivity contribution in [2.75, 3.05) is 16.8 Å². The lowest BCUT2D eigenvalue weighted by Gasteiger charge is -2.21. The zero-order valence-corrected chi connectivity index (χ0v) is 16.3. The number of pyridine rings is 1. The minimum Gasteiger partial charge on any atom is -0.373 e. The van der Waals surface area contributed by atoms with Gasteiger partial charge in [-0.05, 0) is 24.6 Å². The van der Waals surface area contributed by atoms with Crippen molar-refractivity contribution in [2.24, 2.45) is 0 Å². The Morgan fingerprint density at radius 3 is 2.30 bits per heavy atom. The van der Waals surface area contributed by atoms with Crippen LogP contribution < -0.4 is 8.49 Å². The molecule has 0 unspecified atom stereocenters. The van der Waals surface area contributed by atoms with Crippen LogP contribution in [0.3, 0.4) is 0 Å². The number of carbonyl (C=O) groups is 1. The number of carbonyl (C=O) groups excluding carboxylic acids is 1. The van der Waals surface area contributed by atoms with Crippen LogP contribution in [0.4, 0.5) is 11.4 Å². The molecule has 0 aliphatic carbocycles. The number of hydrogen-bond acceptors (Lipinski definition) is 9. The van der Waals surface area contributed by atoms with E-state index in [9.17, 15) is 31.7 Å². The van der Waals surface area contributed by atoms with Crippen molar-refractivity contribution in [3.63, 3.8) is 0 Å². The van der Waals surface area contributed by atoms with E-state index in [1.165, 1.54) is 19.2 Å². The fourth-order valence-electron chi connectivity index (χ4n) is 2.57. The molecule has 1 amide bonds. The summed E-state index contributed by atoms with van der Waals surface area (Å²) in [6.07, 6.45) is 2.67. The van der Waals surface area contributed by atoms with Gasteiger partial charge in [-0.25, -0.2) is 12.7 Å². The Labute approximate surface area is 154 Å². The molecular formula is C14H15N3O8S2. The lowest BCUT2D eigenvalue weighted by atomic mass is 10.1. The van der Waals surface area contributed by atoms with E-state index >= 15 is 0 Å². The van der Waals surface area contributed by atoms with Gasteiger partial charge in [0.1, 0.15) is 5.69 Å². The van der Waals surface area contributed by atoms with Gasteiger partial charge >= 0.3 is 15.8 Å². The molecule has 2 rings (SSSR count). The number of fused-ring (bicyclic) bond motifs is 1. The quantitative estimate of drug-likeness (QED) is 0.395. The summed E-state index contributed by atoms with van der Waals surface area (Å²) < 4.78 is 52.5. The van der Waals surface area contributed by atoms with Crippen LogP contribution >= 0.6 is 0 Å². The van der Waals surface area contributed by atoms with Crippen LogP contribution in [0.15, 0.2) is 18.3 Å². The van der Waals surface area contributed by atoms with Crippen LogP contribution in [-0.2, 0) is 24.9 Å². The average molecular weight is 417 g/mol. The first kappa shape index (κ1) is 20.5. The number of nitro groups is 1. The summed E-state index contributed by atoms with van der Waals surface area (Å²) in [6.45, 7) is 2.44. The van der Waals surface area contributed by atoms with Gasteiger partial charge in [-0.2, -0.15) is 8.42 Å². The molecule has 0 bridgehead atoms. The summed E-state index contributed by atoms with van der Waals surface area (Å²) in [5.74, 6) is -1.90. The summed E-state index contributed by atoms with van der Waals surface area (Å²) in [5.41, 5.74) is -1.06. The van der Waals surface area contributed by atoms with Gasteiger partial charge in [-0.3, -0.25) is 19.9 Å². The largest absolute Gasteiger partial charge is 0.373 e. The zero-order chi connectivity index (χ0) is 20.7. The number of rotatable bonds is 5. The number of nitrogens with zero attached hydrogens (tertiary/aromatic N) is 3. The van der Waals surface area contributed by atoms with Crippen LogP contribution in [0, 0.1) is 17.0 Å². The van der Waals surface area contributed by atoms with Crippen molar-refractivity contribution in [3.8, 4) is 5.75 Å². The van der Waals surface area contributed by atoms with E-state index in [1.807, 2.05) is 0 Å². The molecule has 146 valence electrons. The molecule has 13 heteroatoms. The molecule has 0 aliphatic heterocycles. The minimum atomic E-state index is -4.30. The van der Waals surface area contributed by atoms with E-state index in [0.717, 1.165) is 13.0 Å². The van der Waals surface area contributed by atoms with Crippen molar-refractivity contribution in [1.82, 2.24) is 4.98 Å². The first-order valence-corrected chi connectivity index (χ1v) is 10.9. The SMILES string of the molecule is CC(=O)N(c1cc2nccc(C)c2c([N+](=O)[O-])c1OS(C)(=O)=O)S(C)(=O)=O. The topological polar surface area (TPSA) is 154 Å². The predicted octanol–water partition coefficient (Wildman–Crippen LogP) is 1.10. The maximum atomic E-state index is 12.1. The number of aromatic nitrogens is 1. The lowest BCUT2D eigenvalue weighted by Crippen LogP contribution is -2.35. The van der Waals surface area contributed by atoms with E-state index in [1.54, 1.807) is 0 Å². The van der Waals surface area contributed by atoms with Gasteiger partial charge < -0.3 is 4.18 Å². The Bertz CT molecular complexity index is 1170. The number of nitro benzene ring substituents is 1. The second-order valence-corrected chi connectivity index (χ2v) is 9.09. The van der Waals surface area contributed by atoms with Gasteiger partial charge in [0, 0.05) is 13.1 Å². The highest BCUT2D eigenvalue weighted by molar-refractivity contribution is 7.92. The summed E-state index contributed by atoms with van der Waals surface area (Å²) in [5, 5.41) is 11.7. The molecule has 0 atom stereocenters. The molecule has 1 aromatic carbocycles. The molecule has 27 heavy (non-hydrogen) atoms. The normalized spacial score (nSPS) is 12.0. The van der Waals surface area contributed by atoms with E-state index in [-0.39, 0.29) is 15.2 Å². The number of hydrogen-bond donors (Lipinski definition) is 0. The minimum absolute atomic E-state index is 0.00699. The van der Waals surface area contributed by atoms with Gasteiger partial charge in [0.2, 0.25) is 21.7 Å². The molecule has 0 fully saturated rings. The fraction of sp³-hybridized carbons (Fsp3) is 0.286.